The summed E-state index contributed by atoms with van der Waals surface area (Å²) in [7, 11) is -3.31. The van der Waals surface area contributed by atoms with Gasteiger partial charge in [0, 0.05) is 11.1 Å². The summed E-state index contributed by atoms with van der Waals surface area (Å²) >= 11 is 0. The number of hydrogen-bond acceptors (Lipinski definition) is 5. The third-order valence-electron chi connectivity index (χ3n) is 5.10. The molecule has 0 saturated heterocycles. The first-order chi connectivity index (χ1) is 14.8. The molecule has 0 aliphatic carbocycles. The number of amides is 2. The van der Waals surface area contributed by atoms with Crippen molar-refractivity contribution in [1.29, 1.82) is 0 Å². The van der Waals surface area contributed by atoms with Crippen molar-refractivity contribution in [2.45, 2.75) is 17.4 Å². The van der Waals surface area contributed by atoms with Gasteiger partial charge in [0.25, 0.3) is 5.91 Å². The molecule has 31 heavy (non-hydrogen) atoms. The zero-order valence-corrected chi connectivity index (χ0v) is 17.3. The van der Waals surface area contributed by atoms with Gasteiger partial charge in [-0.25, -0.2) is 8.42 Å². The van der Waals surface area contributed by atoms with Crippen molar-refractivity contribution in [1.82, 2.24) is 5.32 Å². The van der Waals surface area contributed by atoms with Crippen molar-refractivity contribution in [3.8, 4) is 11.5 Å². The Bertz CT molecular complexity index is 1240. The lowest BCUT2D eigenvalue weighted by Gasteiger charge is -2.26. The fourth-order valence-electron chi connectivity index (χ4n) is 3.48. The topological polar surface area (TPSA) is 116 Å². The number of carbonyl (C=O) groups excluding carboxylic acids is 2. The number of fused-ring (bicyclic) bond motifs is 1. The Balaban J connectivity index is 1.45. The maximum absolute atomic E-state index is 12.7. The van der Waals surface area contributed by atoms with Gasteiger partial charge in [-0.3, -0.25) is 9.59 Å². The third kappa shape index (κ3) is 4.44. The smallest absolute Gasteiger partial charge is 0.251 e. The maximum atomic E-state index is 12.7. The summed E-state index contributed by atoms with van der Waals surface area (Å²) in [5.41, 5.74) is 6.65. The molecule has 3 aromatic carbocycles. The maximum Gasteiger partial charge on any atom is 0.251 e. The van der Waals surface area contributed by atoms with Gasteiger partial charge >= 0.3 is 0 Å². The van der Waals surface area contributed by atoms with Gasteiger partial charge in [0.2, 0.25) is 5.91 Å². The highest BCUT2D eigenvalue weighted by Gasteiger charge is 2.30. The Labute approximate surface area is 179 Å². The highest BCUT2D eigenvalue weighted by atomic mass is 32.2. The minimum Gasteiger partial charge on any atom is -0.457 e. The Kier molecular flexibility index (Phi) is 5.48. The average molecular weight is 436 g/mol. The van der Waals surface area contributed by atoms with Gasteiger partial charge < -0.3 is 15.8 Å². The van der Waals surface area contributed by atoms with E-state index in [0.29, 0.717) is 34.6 Å². The van der Waals surface area contributed by atoms with Crippen LogP contribution in [0.3, 0.4) is 0 Å². The summed E-state index contributed by atoms with van der Waals surface area (Å²) in [6, 6.07) is 19.4. The molecule has 1 aliphatic rings. The molecule has 4 rings (SSSR count). The van der Waals surface area contributed by atoms with Gasteiger partial charge in [0.05, 0.1) is 16.7 Å². The fraction of sp³-hybridized carbons (Fsp3) is 0.130. The van der Waals surface area contributed by atoms with Crippen LogP contribution in [-0.4, -0.2) is 26.0 Å². The van der Waals surface area contributed by atoms with Crippen molar-refractivity contribution in [3.63, 3.8) is 0 Å². The predicted octanol–water partition coefficient (Wildman–Crippen LogP) is 3.23. The first kappa shape index (κ1) is 20.6. The lowest BCUT2D eigenvalue weighted by atomic mass is 10.0. The van der Waals surface area contributed by atoms with E-state index in [-0.39, 0.29) is 22.6 Å². The summed E-state index contributed by atoms with van der Waals surface area (Å²) in [6.07, 6.45) is 0.327. The fourth-order valence-corrected chi connectivity index (χ4v) is 5.10. The second-order valence-electron chi connectivity index (χ2n) is 7.19. The zero-order valence-electron chi connectivity index (χ0n) is 16.4. The Morgan fingerprint density at radius 2 is 1.45 bits per heavy atom. The summed E-state index contributed by atoms with van der Waals surface area (Å²) in [5.74, 6) is 0.243. The number of sulfone groups is 1. The first-order valence-electron chi connectivity index (χ1n) is 9.64. The second-order valence-corrected chi connectivity index (χ2v) is 9.26. The van der Waals surface area contributed by atoms with E-state index in [1.54, 1.807) is 72.8 Å². The molecule has 0 radical (unpaired) electrons. The van der Waals surface area contributed by atoms with E-state index in [0.717, 1.165) is 0 Å². The van der Waals surface area contributed by atoms with Crippen LogP contribution < -0.4 is 15.8 Å². The van der Waals surface area contributed by atoms with Crippen LogP contribution in [-0.2, 0) is 9.84 Å². The standard InChI is InChI=1S/C23H20N2O5S/c24-22(26)15-5-9-17(10-6-15)30-18-11-7-16(8-12-18)23(27)25-20-13-14-31(28,29)21-4-2-1-3-19(20)21/h1-12,20H,13-14H2,(H2,24,26)(H,25,27). The Morgan fingerprint density at radius 3 is 2.06 bits per heavy atom. The molecule has 0 fully saturated rings. The van der Waals surface area contributed by atoms with Crippen LogP contribution in [0.15, 0.2) is 77.7 Å². The average Bonchev–Trinajstić information content (AvgIpc) is 2.77. The molecule has 1 unspecified atom stereocenters. The van der Waals surface area contributed by atoms with Crippen LogP contribution in [0.25, 0.3) is 0 Å². The molecule has 2 amide bonds. The van der Waals surface area contributed by atoms with E-state index >= 15 is 0 Å². The molecule has 8 heteroatoms. The van der Waals surface area contributed by atoms with Crippen molar-refractivity contribution in [3.05, 3.63) is 89.5 Å². The lowest BCUT2D eigenvalue weighted by molar-refractivity contribution is 0.0933. The Morgan fingerprint density at radius 1 is 0.871 bits per heavy atom. The SMILES string of the molecule is NC(=O)c1ccc(Oc2ccc(C(=O)NC3CCS(=O)(=O)c4ccccc43)cc2)cc1. The monoisotopic (exact) mass is 436 g/mol. The van der Waals surface area contributed by atoms with Gasteiger partial charge in [-0.1, -0.05) is 18.2 Å². The van der Waals surface area contributed by atoms with Gasteiger partial charge in [-0.05, 0) is 66.6 Å². The molecular weight excluding hydrogens is 416 g/mol. The quantitative estimate of drug-likeness (QED) is 0.637. The summed E-state index contributed by atoms with van der Waals surface area (Å²) in [4.78, 5) is 24.1. The van der Waals surface area contributed by atoms with Gasteiger partial charge in [0.15, 0.2) is 9.84 Å². The first-order valence-corrected chi connectivity index (χ1v) is 11.3. The Hall–Kier alpha value is -3.65. The number of rotatable bonds is 5. The highest BCUT2D eigenvalue weighted by Crippen LogP contribution is 2.32. The minimum atomic E-state index is -3.31. The number of nitrogens with two attached hydrogens (primary N) is 1. The number of nitrogens with one attached hydrogen (secondary N) is 1. The number of benzene rings is 3. The van der Waals surface area contributed by atoms with Crippen LogP contribution >= 0.6 is 0 Å². The van der Waals surface area contributed by atoms with E-state index in [1.165, 1.54) is 0 Å². The lowest BCUT2D eigenvalue weighted by Crippen LogP contribution is -2.33. The predicted molar refractivity (Wildman–Crippen MR) is 115 cm³/mol. The number of primary amides is 1. The molecule has 1 atom stereocenters. The molecular formula is C23H20N2O5S. The molecule has 3 N–H and O–H groups in total. The van der Waals surface area contributed by atoms with E-state index in [4.69, 9.17) is 10.5 Å². The molecule has 158 valence electrons. The van der Waals surface area contributed by atoms with Gasteiger partial charge in [-0.2, -0.15) is 0 Å². The third-order valence-corrected chi connectivity index (χ3v) is 6.92. The van der Waals surface area contributed by atoms with Crippen molar-refractivity contribution in [2.24, 2.45) is 5.73 Å². The molecule has 1 heterocycles. The molecule has 7 nitrogen and oxygen atoms in total. The van der Waals surface area contributed by atoms with E-state index in [2.05, 4.69) is 5.32 Å². The van der Waals surface area contributed by atoms with Crippen molar-refractivity contribution >= 4 is 21.7 Å². The highest BCUT2D eigenvalue weighted by molar-refractivity contribution is 7.91. The van der Waals surface area contributed by atoms with Crippen LogP contribution in [0.1, 0.15) is 38.7 Å². The normalized spacial score (nSPS) is 16.7. The molecule has 0 saturated carbocycles. The minimum absolute atomic E-state index is 0.00369. The molecule has 1 aliphatic heterocycles. The van der Waals surface area contributed by atoms with Crippen molar-refractivity contribution in [2.75, 3.05) is 5.75 Å². The van der Waals surface area contributed by atoms with Crippen LogP contribution in [0.4, 0.5) is 0 Å². The molecule has 0 aromatic heterocycles. The molecule has 0 bridgehead atoms. The van der Waals surface area contributed by atoms with Crippen LogP contribution in [0.5, 0.6) is 11.5 Å². The van der Waals surface area contributed by atoms with E-state index < -0.39 is 15.7 Å². The summed E-state index contributed by atoms with van der Waals surface area (Å²) < 4.78 is 30.2. The van der Waals surface area contributed by atoms with Gasteiger partial charge in [0.1, 0.15) is 11.5 Å². The molecule has 3 aromatic rings. The zero-order chi connectivity index (χ0) is 22.0. The van der Waals surface area contributed by atoms with Gasteiger partial charge in [-0.15, -0.1) is 0 Å². The van der Waals surface area contributed by atoms with Crippen molar-refractivity contribution < 1.29 is 22.7 Å². The number of ether oxygens (including phenoxy) is 1. The second kappa shape index (κ2) is 8.23. The molecule has 0 spiro atoms. The number of hydrogen-bond donors (Lipinski definition) is 2. The summed E-state index contributed by atoms with van der Waals surface area (Å²) in [6.45, 7) is 0. The summed E-state index contributed by atoms with van der Waals surface area (Å²) in [5, 5.41) is 2.93. The van der Waals surface area contributed by atoms with E-state index in [1.807, 2.05) is 0 Å². The largest absolute Gasteiger partial charge is 0.457 e. The van der Waals surface area contributed by atoms with E-state index in [9.17, 15) is 18.0 Å². The van der Waals surface area contributed by atoms with Crippen LogP contribution in [0, 0.1) is 0 Å². The number of carbonyl (C=O) groups is 2. The van der Waals surface area contributed by atoms with Crippen LogP contribution in [0.2, 0.25) is 0 Å².